The van der Waals surface area contributed by atoms with Gasteiger partial charge in [0, 0.05) is 0 Å². The molecule has 0 aromatic rings. The van der Waals surface area contributed by atoms with Crippen molar-refractivity contribution in [3.63, 3.8) is 0 Å². The molecule has 0 aromatic heterocycles. The summed E-state index contributed by atoms with van der Waals surface area (Å²) in [5.41, 5.74) is 0.113. The average Bonchev–Trinajstić information content (AvgIpc) is 2.00. The molecule has 0 rings (SSSR count). The monoisotopic (exact) mass is 192 g/mol. The zero-order valence-corrected chi connectivity index (χ0v) is 9.95. The van der Waals surface area contributed by atoms with Gasteiger partial charge in [-0.3, -0.25) is 0 Å². The zero-order valence-electron chi connectivity index (χ0n) is 8.05. The van der Waals surface area contributed by atoms with Crippen LogP contribution in [-0.2, 0) is 4.43 Å². The van der Waals surface area contributed by atoms with Crippen molar-refractivity contribution >= 4 is 20.9 Å². The summed E-state index contributed by atoms with van der Waals surface area (Å²) in [5, 5.41) is 0. The SMILES string of the molecule is CC[Si](CC)(CC)OC(C)S. The van der Waals surface area contributed by atoms with Crippen LogP contribution in [0.1, 0.15) is 27.7 Å². The lowest BCUT2D eigenvalue weighted by Gasteiger charge is -2.29. The Bertz CT molecular complexity index is 94.0. The smallest absolute Gasteiger partial charge is 0.193 e. The molecule has 0 radical (unpaired) electrons. The van der Waals surface area contributed by atoms with Crippen molar-refractivity contribution in [2.45, 2.75) is 51.3 Å². The van der Waals surface area contributed by atoms with Gasteiger partial charge in [-0.25, -0.2) is 0 Å². The average molecular weight is 192 g/mol. The molecule has 1 nitrogen and oxygen atoms in total. The second-order valence-electron chi connectivity index (χ2n) is 2.96. The minimum absolute atomic E-state index is 0.113. The van der Waals surface area contributed by atoms with Gasteiger partial charge in [0.15, 0.2) is 8.32 Å². The summed E-state index contributed by atoms with van der Waals surface area (Å²) < 4.78 is 5.89. The third kappa shape index (κ3) is 3.63. The topological polar surface area (TPSA) is 9.23 Å². The molecule has 0 N–H and O–H groups in total. The first-order valence-corrected chi connectivity index (χ1v) is 7.50. The molecule has 0 fully saturated rings. The number of thiol groups is 1. The van der Waals surface area contributed by atoms with Gasteiger partial charge in [-0.1, -0.05) is 20.8 Å². The molecule has 0 amide bonds. The molecule has 0 heterocycles. The third-order valence-electron chi connectivity index (χ3n) is 2.35. The van der Waals surface area contributed by atoms with Crippen molar-refractivity contribution in [1.29, 1.82) is 0 Å². The Morgan fingerprint density at radius 1 is 1.18 bits per heavy atom. The van der Waals surface area contributed by atoms with E-state index in [-0.39, 0.29) is 5.44 Å². The molecule has 0 saturated heterocycles. The van der Waals surface area contributed by atoms with Crippen molar-refractivity contribution in [1.82, 2.24) is 0 Å². The van der Waals surface area contributed by atoms with E-state index in [1.165, 1.54) is 18.1 Å². The largest absolute Gasteiger partial charge is 0.406 e. The molecular formula is C8H20OSSi. The van der Waals surface area contributed by atoms with Crippen LogP contribution in [0, 0.1) is 0 Å². The van der Waals surface area contributed by atoms with Gasteiger partial charge in [-0.05, 0) is 25.1 Å². The van der Waals surface area contributed by atoms with E-state index in [1.807, 2.05) is 6.92 Å². The van der Waals surface area contributed by atoms with Gasteiger partial charge in [0.05, 0.1) is 5.44 Å². The van der Waals surface area contributed by atoms with E-state index in [0.29, 0.717) is 0 Å². The van der Waals surface area contributed by atoms with Crippen LogP contribution in [0.4, 0.5) is 0 Å². The summed E-state index contributed by atoms with van der Waals surface area (Å²) in [6.07, 6.45) is 0. The van der Waals surface area contributed by atoms with E-state index in [2.05, 4.69) is 33.4 Å². The molecule has 0 aliphatic rings. The van der Waals surface area contributed by atoms with Gasteiger partial charge in [0.25, 0.3) is 0 Å². The summed E-state index contributed by atoms with van der Waals surface area (Å²) in [5.74, 6) is 0. The van der Waals surface area contributed by atoms with E-state index < -0.39 is 8.32 Å². The Morgan fingerprint density at radius 3 is 1.64 bits per heavy atom. The Kier molecular flexibility index (Phi) is 5.47. The van der Waals surface area contributed by atoms with Gasteiger partial charge >= 0.3 is 0 Å². The molecular weight excluding hydrogens is 172 g/mol. The first-order valence-electron chi connectivity index (χ1n) is 4.46. The summed E-state index contributed by atoms with van der Waals surface area (Å²) in [7, 11) is -1.36. The molecule has 0 aliphatic heterocycles. The summed E-state index contributed by atoms with van der Waals surface area (Å²) in [6.45, 7) is 8.70. The maximum atomic E-state index is 5.89. The molecule has 1 unspecified atom stereocenters. The van der Waals surface area contributed by atoms with E-state index in [1.54, 1.807) is 0 Å². The maximum absolute atomic E-state index is 5.89. The summed E-state index contributed by atoms with van der Waals surface area (Å²) >= 11 is 4.27. The Balaban J connectivity index is 4.05. The van der Waals surface area contributed by atoms with Crippen molar-refractivity contribution in [2.24, 2.45) is 0 Å². The van der Waals surface area contributed by atoms with E-state index >= 15 is 0 Å². The van der Waals surface area contributed by atoms with Crippen molar-refractivity contribution in [3.8, 4) is 0 Å². The fourth-order valence-electron chi connectivity index (χ4n) is 1.36. The highest BCUT2D eigenvalue weighted by Crippen LogP contribution is 2.23. The molecule has 0 aliphatic carbocycles. The third-order valence-corrected chi connectivity index (χ3v) is 7.38. The highest BCUT2D eigenvalue weighted by Gasteiger charge is 2.29. The Morgan fingerprint density at radius 2 is 1.55 bits per heavy atom. The molecule has 0 saturated carbocycles. The normalized spacial score (nSPS) is 15.0. The lowest BCUT2D eigenvalue weighted by atomic mass is 10.9. The highest BCUT2D eigenvalue weighted by molar-refractivity contribution is 7.80. The quantitative estimate of drug-likeness (QED) is 0.399. The van der Waals surface area contributed by atoms with Crippen molar-refractivity contribution in [3.05, 3.63) is 0 Å². The molecule has 0 spiro atoms. The summed E-state index contributed by atoms with van der Waals surface area (Å²) in [6, 6.07) is 3.64. The standard InChI is InChI=1S/C8H20OSSi/c1-5-11(6-2,7-3)9-8(4)10/h8,10H,5-7H2,1-4H3. The Labute approximate surface area is 77.1 Å². The predicted octanol–water partition coefficient (Wildman–Crippen LogP) is 3.28. The fourth-order valence-corrected chi connectivity index (χ4v) is 4.76. The van der Waals surface area contributed by atoms with Crippen LogP contribution < -0.4 is 0 Å². The highest BCUT2D eigenvalue weighted by atomic mass is 32.1. The zero-order chi connectivity index (χ0) is 8.91. The molecule has 3 heteroatoms. The van der Waals surface area contributed by atoms with E-state index in [4.69, 9.17) is 4.43 Å². The van der Waals surface area contributed by atoms with Crippen molar-refractivity contribution < 1.29 is 4.43 Å². The second-order valence-corrected chi connectivity index (χ2v) is 8.41. The maximum Gasteiger partial charge on any atom is 0.193 e. The van der Waals surface area contributed by atoms with Crippen LogP contribution in [0.3, 0.4) is 0 Å². The van der Waals surface area contributed by atoms with Gasteiger partial charge in [0.2, 0.25) is 0 Å². The summed E-state index contributed by atoms with van der Waals surface area (Å²) in [4.78, 5) is 0. The van der Waals surface area contributed by atoms with Crippen LogP contribution >= 0.6 is 12.6 Å². The van der Waals surface area contributed by atoms with Gasteiger partial charge < -0.3 is 4.43 Å². The van der Waals surface area contributed by atoms with Gasteiger partial charge in [-0.2, -0.15) is 0 Å². The number of hydrogen-bond donors (Lipinski definition) is 1. The molecule has 1 atom stereocenters. The number of rotatable bonds is 5. The van der Waals surface area contributed by atoms with Crippen molar-refractivity contribution in [2.75, 3.05) is 0 Å². The molecule has 11 heavy (non-hydrogen) atoms. The minimum Gasteiger partial charge on any atom is -0.406 e. The minimum atomic E-state index is -1.36. The molecule has 0 aromatic carbocycles. The van der Waals surface area contributed by atoms with Crippen LogP contribution in [0.2, 0.25) is 18.1 Å². The molecule has 0 bridgehead atoms. The lowest BCUT2D eigenvalue weighted by Crippen LogP contribution is -2.37. The van der Waals surface area contributed by atoms with Crippen LogP contribution in [0.15, 0.2) is 0 Å². The van der Waals surface area contributed by atoms with Crippen LogP contribution in [0.5, 0.6) is 0 Å². The fraction of sp³-hybridized carbons (Fsp3) is 1.00. The number of hydrogen-bond acceptors (Lipinski definition) is 2. The van der Waals surface area contributed by atoms with Crippen LogP contribution in [-0.4, -0.2) is 13.8 Å². The van der Waals surface area contributed by atoms with E-state index in [0.717, 1.165) is 0 Å². The first-order chi connectivity index (χ1) is 5.10. The van der Waals surface area contributed by atoms with Gasteiger partial charge in [-0.15, -0.1) is 12.6 Å². The van der Waals surface area contributed by atoms with E-state index in [9.17, 15) is 0 Å². The van der Waals surface area contributed by atoms with Gasteiger partial charge in [0.1, 0.15) is 0 Å². The second kappa shape index (κ2) is 5.22. The molecule has 68 valence electrons. The predicted molar refractivity (Wildman–Crippen MR) is 56.7 cm³/mol. The lowest BCUT2D eigenvalue weighted by molar-refractivity contribution is 0.291. The van der Waals surface area contributed by atoms with Crippen LogP contribution in [0.25, 0.3) is 0 Å². The first kappa shape index (κ1) is 11.5. The Hall–Kier alpha value is 0.527.